The summed E-state index contributed by atoms with van der Waals surface area (Å²) in [4.78, 5) is 23.4. The Kier molecular flexibility index (Phi) is 8.79. The Hall–Kier alpha value is -3.85. The Morgan fingerprint density at radius 3 is 2.78 bits per heavy atom. The van der Waals surface area contributed by atoms with Gasteiger partial charge in [-0.1, -0.05) is 24.3 Å². The summed E-state index contributed by atoms with van der Waals surface area (Å²) in [6.07, 6.45) is 4.67. The molecule has 0 bridgehead atoms. The molecule has 0 saturated carbocycles. The van der Waals surface area contributed by atoms with Crippen molar-refractivity contribution in [2.75, 3.05) is 46.6 Å². The number of rotatable bonds is 13. The van der Waals surface area contributed by atoms with Gasteiger partial charge in [0.05, 0.1) is 24.5 Å². The van der Waals surface area contributed by atoms with E-state index in [-0.39, 0.29) is 5.91 Å². The number of methoxy groups -OCH3 is 1. The molecule has 0 unspecified atom stereocenters. The molecule has 196 valence electrons. The van der Waals surface area contributed by atoms with E-state index in [0.29, 0.717) is 37.6 Å². The lowest BCUT2D eigenvalue weighted by molar-refractivity contribution is -0.121. The summed E-state index contributed by atoms with van der Waals surface area (Å²) in [5, 5.41) is 4.08. The number of carbonyl (C=O) groups is 1. The summed E-state index contributed by atoms with van der Waals surface area (Å²) in [5.41, 5.74) is 9.77. The number of nitrogen functional groups attached to an aromatic ring is 1. The van der Waals surface area contributed by atoms with E-state index in [9.17, 15) is 4.79 Å². The Morgan fingerprint density at radius 1 is 1.14 bits per heavy atom. The van der Waals surface area contributed by atoms with Gasteiger partial charge in [0.1, 0.15) is 12.1 Å². The number of imidazole rings is 1. The number of anilines is 1. The Labute approximate surface area is 217 Å². The summed E-state index contributed by atoms with van der Waals surface area (Å²) in [5.74, 6) is 1.90. The molecule has 4 rings (SSSR count). The smallest absolute Gasteiger partial charge is 0.220 e. The molecule has 0 aliphatic rings. The normalized spacial score (nSPS) is 11.4. The van der Waals surface area contributed by atoms with Crippen LogP contribution in [-0.2, 0) is 17.8 Å². The minimum Gasteiger partial charge on any atom is -0.493 e. The van der Waals surface area contributed by atoms with E-state index in [0.717, 1.165) is 59.2 Å². The zero-order valence-corrected chi connectivity index (χ0v) is 21.9. The number of aromatic nitrogens is 3. The third-order valence-corrected chi connectivity index (χ3v) is 6.29. The van der Waals surface area contributed by atoms with Crippen LogP contribution in [-0.4, -0.2) is 66.2 Å². The SMILES string of the molecule is COc1cc(CCC(=O)NCCCCn2cnc3c(N)nc4ccccc4c32)ccc1OCCN(C)C. The van der Waals surface area contributed by atoms with Crippen LogP contribution in [0.15, 0.2) is 48.8 Å². The fourth-order valence-corrected chi connectivity index (χ4v) is 4.28. The molecule has 0 fully saturated rings. The number of aryl methyl sites for hydroxylation is 2. The third-order valence-electron chi connectivity index (χ3n) is 6.29. The van der Waals surface area contributed by atoms with E-state index in [1.54, 1.807) is 7.11 Å². The van der Waals surface area contributed by atoms with E-state index < -0.39 is 0 Å². The fourth-order valence-electron chi connectivity index (χ4n) is 4.28. The van der Waals surface area contributed by atoms with Crippen LogP contribution >= 0.6 is 0 Å². The van der Waals surface area contributed by atoms with E-state index in [2.05, 4.69) is 24.8 Å². The highest BCUT2D eigenvalue weighted by molar-refractivity contribution is 6.06. The van der Waals surface area contributed by atoms with Gasteiger partial charge in [0.25, 0.3) is 0 Å². The van der Waals surface area contributed by atoms with Gasteiger partial charge < -0.3 is 30.0 Å². The van der Waals surface area contributed by atoms with Crippen molar-refractivity contribution in [3.05, 3.63) is 54.4 Å². The maximum absolute atomic E-state index is 12.4. The average molecular weight is 505 g/mol. The number of carbonyl (C=O) groups excluding carboxylic acids is 1. The van der Waals surface area contributed by atoms with Crippen LogP contribution in [0.4, 0.5) is 5.82 Å². The van der Waals surface area contributed by atoms with Gasteiger partial charge in [0.15, 0.2) is 17.3 Å². The zero-order valence-electron chi connectivity index (χ0n) is 21.9. The highest BCUT2D eigenvalue weighted by atomic mass is 16.5. The number of nitrogens with zero attached hydrogens (tertiary/aromatic N) is 4. The minimum absolute atomic E-state index is 0.0446. The highest BCUT2D eigenvalue weighted by Crippen LogP contribution is 2.29. The van der Waals surface area contributed by atoms with E-state index in [4.69, 9.17) is 15.2 Å². The molecule has 0 spiro atoms. The molecular weight excluding hydrogens is 468 g/mol. The zero-order chi connectivity index (χ0) is 26.2. The predicted octanol–water partition coefficient (Wildman–Crippen LogP) is 3.64. The first-order valence-corrected chi connectivity index (χ1v) is 12.7. The molecule has 9 nitrogen and oxygen atoms in total. The average Bonchev–Trinajstić information content (AvgIpc) is 3.32. The highest BCUT2D eigenvalue weighted by Gasteiger charge is 2.12. The van der Waals surface area contributed by atoms with Crippen molar-refractivity contribution in [3.63, 3.8) is 0 Å². The largest absolute Gasteiger partial charge is 0.493 e. The first-order valence-electron chi connectivity index (χ1n) is 12.7. The molecule has 0 saturated heterocycles. The van der Waals surface area contributed by atoms with Gasteiger partial charge >= 0.3 is 0 Å². The van der Waals surface area contributed by atoms with E-state index >= 15 is 0 Å². The third kappa shape index (κ3) is 6.68. The molecule has 2 aromatic carbocycles. The van der Waals surface area contributed by atoms with Crippen molar-refractivity contribution in [2.24, 2.45) is 0 Å². The summed E-state index contributed by atoms with van der Waals surface area (Å²) in [6, 6.07) is 13.8. The Balaban J connectivity index is 1.22. The lowest BCUT2D eigenvalue weighted by atomic mass is 10.1. The number of nitrogens with one attached hydrogen (secondary N) is 1. The standard InChI is InChI=1S/C28H36N6O3/c1-33(2)16-17-37-23-12-10-20(18-24(23)36-3)11-13-25(35)30-14-6-7-15-34-19-31-26-27(34)21-8-4-5-9-22(21)32-28(26)29/h4-5,8-10,12,18-19H,6-7,11,13-17H2,1-3H3,(H2,29,32)(H,30,35). The number of nitrogens with two attached hydrogens (primary N) is 1. The number of unbranched alkanes of at least 4 members (excludes halogenated alkanes) is 1. The molecule has 0 radical (unpaired) electrons. The van der Waals surface area contributed by atoms with Crippen LogP contribution < -0.4 is 20.5 Å². The van der Waals surface area contributed by atoms with Gasteiger partial charge in [-0.25, -0.2) is 9.97 Å². The van der Waals surface area contributed by atoms with Crippen LogP contribution in [0.3, 0.4) is 0 Å². The molecule has 0 aliphatic heterocycles. The molecule has 1 amide bonds. The summed E-state index contributed by atoms with van der Waals surface area (Å²) in [7, 11) is 5.64. The monoisotopic (exact) mass is 504 g/mol. The van der Waals surface area contributed by atoms with Crippen molar-refractivity contribution < 1.29 is 14.3 Å². The van der Waals surface area contributed by atoms with Crippen LogP contribution in [0.25, 0.3) is 21.9 Å². The number of amides is 1. The number of ether oxygens (including phenoxy) is 2. The first kappa shape index (κ1) is 26.2. The number of para-hydroxylation sites is 1. The molecule has 37 heavy (non-hydrogen) atoms. The summed E-state index contributed by atoms with van der Waals surface area (Å²) < 4.78 is 13.4. The number of benzene rings is 2. The van der Waals surface area contributed by atoms with Crippen LogP contribution in [0.2, 0.25) is 0 Å². The molecule has 2 aromatic heterocycles. The Bertz CT molecular complexity index is 1350. The molecule has 9 heteroatoms. The lowest BCUT2D eigenvalue weighted by Crippen LogP contribution is -2.24. The van der Waals surface area contributed by atoms with Crippen LogP contribution in [0.1, 0.15) is 24.8 Å². The number of hydrogen-bond donors (Lipinski definition) is 2. The van der Waals surface area contributed by atoms with Crippen molar-refractivity contribution in [1.82, 2.24) is 24.8 Å². The first-order chi connectivity index (χ1) is 18.0. The number of likely N-dealkylation sites (N-methyl/N-ethyl adjacent to an activating group) is 1. The number of fused-ring (bicyclic) bond motifs is 3. The lowest BCUT2D eigenvalue weighted by Gasteiger charge is -2.14. The van der Waals surface area contributed by atoms with Gasteiger partial charge in [-0.2, -0.15) is 0 Å². The van der Waals surface area contributed by atoms with E-state index in [1.165, 1.54) is 0 Å². The molecule has 4 aromatic rings. The summed E-state index contributed by atoms with van der Waals surface area (Å²) >= 11 is 0. The maximum atomic E-state index is 12.4. The molecular formula is C28H36N6O3. The second kappa shape index (κ2) is 12.4. The van der Waals surface area contributed by atoms with Gasteiger partial charge in [-0.15, -0.1) is 0 Å². The molecule has 0 aliphatic carbocycles. The quantitative estimate of drug-likeness (QED) is 0.268. The van der Waals surface area contributed by atoms with Gasteiger partial charge in [-0.3, -0.25) is 4.79 Å². The van der Waals surface area contributed by atoms with Gasteiger partial charge in [0, 0.05) is 31.4 Å². The minimum atomic E-state index is 0.0446. The van der Waals surface area contributed by atoms with Crippen molar-refractivity contribution in [2.45, 2.75) is 32.2 Å². The maximum Gasteiger partial charge on any atom is 0.220 e. The van der Waals surface area contributed by atoms with Gasteiger partial charge in [0.2, 0.25) is 5.91 Å². The van der Waals surface area contributed by atoms with Crippen molar-refractivity contribution in [1.29, 1.82) is 0 Å². The van der Waals surface area contributed by atoms with Crippen molar-refractivity contribution in [3.8, 4) is 11.5 Å². The van der Waals surface area contributed by atoms with Crippen molar-refractivity contribution >= 4 is 33.7 Å². The van der Waals surface area contributed by atoms with E-state index in [1.807, 2.05) is 62.9 Å². The Morgan fingerprint density at radius 2 is 1.97 bits per heavy atom. The van der Waals surface area contributed by atoms with Crippen LogP contribution in [0.5, 0.6) is 11.5 Å². The molecule has 2 heterocycles. The predicted molar refractivity (Wildman–Crippen MR) is 147 cm³/mol. The number of hydrogen-bond acceptors (Lipinski definition) is 7. The summed E-state index contributed by atoms with van der Waals surface area (Å²) in [6.45, 7) is 2.84. The topological polar surface area (TPSA) is 108 Å². The second-order valence-electron chi connectivity index (χ2n) is 9.34. The van der Waals surface area contributed by atoms with Gasteiger partial charge in [-0.05, 0) is 57.1 Å². The molecule has 0 atom stereocenters. The number of pyridine rings is 1. The second-order valence-corrected chi connectivity index (χ2v) is 9.34. The molecule has 3 N–H and O–H groups in total. The van der Waals surface area contributed by atoms with Crippen LogP contribution in [0, 0.1) is 0 Å². The fraction of sp³-hybridized carbons (Fsp3) is 0.393.